The molecule has 4 heteroatoms. The molecule has 2 aromatic heterocycles. The minimum Gasteiger partial charge on any atom is -0.368 e. The third-order valence-corrected chi connectivity index (χ3v) is 4.28. The summed E-state index contributed by atoms with van der Waals surface area (Å²) >= 11 is 0. The van der Waals surface area contributed by atoms with Crippen molar-refractivity contribution in [3.63, 3.8) is 0 Å². The first-order valence-corrected chi connectivity index (χ1v) is 8.52. The van der Waals surface area contributed by atoms with Crippen LogP contribution in [0.3, 0.4) is 0 Å². The first-order chi connectivity index (χ1) is 12.4. The van der Waals surface area contributed by atoms with Crippen LogP contribution in [0.5, 0.6) is 0 Å². The van der Waals surface area contributed by atoms with Crippen LogP contribution in [0.25, 0.3) is 11.0 Å². The molecule has 0 aliphatic rings. The standard InChI is InChI=1S/C21H20N4/c1-3-7-17(8-4-1)11-13-22-21-20-19(12-14-23-21)25(16-24-20)15-18-9-5-2-6-10-18/h1-10,12,14,16H,11,13,15H2,(H,22,23). The maximum absolute atomic E-state index is 4.58. The van der Waals surface area contributed by atoms with Crippen LogP contribution in [0.15, 0.2) is 79.3 Å². The second-order valence-corrected chi connectivity index (χ2v) is 6.05. The summed E-state index contributed by atoms with van der Waals surface area (Å²) in [6.45, 7) is 1.65. The summed E-state index contributed by atoms with van der Waals surface area (Å²) in [7, 11) is 0. The molecular weight excluding hydrogens is 308 g/mol. The second kappa shape index (κ2) is 7.18. The van der Waals surface area contributed by atoms with Gasteiger partial charge in [-0.1, -0.05) is 60.7 Å². The van der Waals surface area contributed by atoms with Gasteiger partial charge in [0.1, 0.15) is 5.52 Å². The highest BCUT2D eigenvalue weighted by Crippen LogP contribution is 2.20. The van der Waals surface area contributed by atoms with E-state index in [1.165, 1.54) is 11.1 Å². The van der Waals surface area contributed by atoms with Crippen LogP contribution in [0.4, 0.5) is 5.82 Å². The molecule has 4 nitrogen and oxygen atoms in total. The number of hydrogen-bond acceptors (Lipinski definition) is 3. The fourth-order valence-electron chi connectivity index (χ4n) is 3.00. The molecule has 0 aliphatic heterocycles. The number of rotatable bonds is 6. The van der Waals surface area contributed by atoms with Crippen molar-refractivity contribution in [2.24, 2.45) is 0 Å². The largest absolute Gasteiger partial charge is 0.368 e. The number of nitrogens with zero attached hydrogens (tertiary/aromatic N) is 3. The predicted molar refractivity (Wildman–Crippen MR) is 102 cm³/mol. The molecule has 0 aliphatic carbocycles. The third kappa shape index (κ3) is 3.53. The number of nitrogens with one attached hydrogen (secondary N) is 1. The fraction of sp³-hybridized carbons (Fsp3) is 0.143. The van der Waals surface area contributed by atoms with E-state index in [0.29, 0.717) is 0 Å². The molecule has 0 fully saturated rings. The van der Waals surface area contributed by atoms with Gasteiger partial charge in [0.05, 0.1) is 11.8 Å². The SMILES string of the molecule is c1ccc(CCNc2nccc3c2ncn3Cc2ccccc2)cc1. The molecule has 4 aromatic rings. The van der Waals surface area contributed by atoms with Gasteiger partial charge in [-0.3, -0.25) is 0 Å². The van der Waals surface area contributed by atoms with Gasteiger partial charge in [-0.05, 0) is 23.6 Å². The zero-order valence-corrected chi connectivity index (χ0v) is 14.0. The van der Waals surface area contributed by atoms with Crippen molar-refractivity contribution in [2.45, 2.75) is 13.0 Å². The Hall–Kier alpha value is -3.14. The molecule has 0 radical (unpaired) electrons. The van der Waals surface area contributed by atoms with E-state index in [2.05, 4.69) is 68.4 Å². The summed E-state index contributed by atoms with van der Waals surface area (Å²) < 4.78 is 2.16. The Bertz CT molecular complexity index is 945. The Morgan fingerprint density at radius 3 is 2.28 bits per heavy atom. The number of pyridine rings is 1. The highest BCUT2D eigenvalue weighted by atomic mass is 15.1. The highest BCUT2D eigenvalue weighted by molar-refractivity contribution is 5.85. The summed E-state index contributed by atoms with van der Waals surface area (Å²) in [6.07, 6.45) is 4.70. The van der Waals surface area contributed by atoms with Crippen LogP contribution in [0.1, 0.15) is 11.1 Å². The van der Waals surface area contributed by atoms with Gasteiger partial charge in [-0.25, -0.2) is 9.97 Å². The van der Waals surface area contributed by atoms with Crippen molar-refractivity contribution in [1.82, 2.24) is 14.5 Å². The molecule has 124 valence electrons. The Morgan fingerprint density at radius 1 is 0.800 bits per heavy atom. The van der Waals surface area contributed by atoms with Gasteiger partial charge in [-0.2, -0.15) is 0 Å². The average molecular weight is 328 g/mol. The summed E-state index contributed by atoms with van der Waals surface area (Å²) in [5, 5.41) is 3.43. The van der Waals surface area contributed by atoms with Crippen LogP contribution in [0, 0.1) is 0 Å². The van der Waals surface area contributed by atoms with E-state index in [-0.39, 0.29) is 0 Å². The van der Waals surface area contributed by atoms with E-state index < -0.39 is 0 Å². The monoisotopic (exact) mass is 328 g/mol. The molecule has 1 N–H and O–H groups in total. The van der Waals surface area contributed by atoms with Gasteiger partial charge < -0.3 is 9.88 Å². The van der Waals surface area contributed by atoms with E-state index in [9.17, 15) is 0 Å². The number of anilines is 1. The van der Waals surface area contributed by atoms with Crippen molar-refractivity contribution in [2.75, 3.05) is 11.9 Å². The van der Waals surface area contributed by atoms with Gasteiger partial charge in [0.2, 0.25) is 0 Å². The van der Waals surface area contributed by atoms with Crippen molar-refractivity contribution in [3.8, 4) is 0 Å². The third-order valence-electron chi connectivity index (χ3n) is 4.28. The topological polar surface area (TPSA) is 42.7 Å². The van der Waals surface area contributed by atoms with E-state index in [1.54, 1.807) is 0 Å². The lowest BCUT2D eigenvalue weighted by Gasteiger charge is -2.08. The summed E-state index contributed by atoms with van der Waals surface area (Å²) in [6, 6.07) is 22.9. The minimum absolute atomic E-state index is 0.810. The van der Waals surface area contributed by atoms with Gasteiger partial charge in [0.25, 0.3) is 0 Å². The molecule has 0 amide bonds. The number of imidazole rings is 1. The smallest absolute Gasteiger partial charge is 0.154 e. The number of aromatic nitrogens is 3. The fourth-order valence-corrected chi connectivity index (χ4v) is 3.00. The zero-order valence-electron chi connectivity index (χ0n) is 14.0. The van der Waals surface area contributed by atoms with E-state index in [4.69, 9.17) is 0 Å². The van der Waals surface area contributed by atoms with E-state index in [1.807, 2.05) is 30.7 Å². The maximum Gasteiger partial charge on any atom is 0.154 e. The Labute approximate surface area is 147 Å². The molecule has 25 heavy (non-hydrogen) atoms. The first kappa shape index (κ1) is 15.4. The molecule has 2 aromatic carbocycles. The molecule has 0 bridgehead atoms. The van der Waals surface area contributed by atoms with Crippen molar-refractivity contribution in [3.05, 3.63) is 90.4 Å². The summed E-state index contributed by atoms with van der Waals surface area (Å²) in [4.78, 5) is 9.05. The first-order valence-electron chi connectivity index (χ1n) is 8.52. The predicted octanol–water partition coefficient (Wildman–Crippen LogP) is 4.13. The lowest BCUT2D eigenvalue weighted by atomic mass is 10.1. The summed E-state index contributed by atoms with van der Waals surface area (Å²) in [5.74, 6) is 0.847. The molecule has 2 heterocycles. The van der Waals surface area contributed by atoms with Gasteiger partial charge in [-0.15, -0.1) is 0 Å². The van der Waals surface area contributed by atoms with Crippen LogP contribution in [0.2, 0.25) is 0 Å². The van der Waals surface area contributed by atoms with E-state index >= 15 is 0 Å². The highest BCUT2D eigenvalue weighted by Gasteiger charge is 2.08. The Morgan fingerprint density at radius 2 is 1.52 bits per heavy atom. The molecule has 0 unspecified atom stereocenters. The van der Waals surface area contributed by atoms with E-state index in [0.717, 1.165) is 36.4 Å². The summed E-state index contributed by atoms with van der Waals surface area (Å²) in [5.41, 5.74) is 4.60. The van der Waals surface area contributed by atoms with Crippen molar-refractivity contribution >= 4 is 16.9 Å². The lowest BCUT2D eigenvalue weighted by Crippen LogP contribution is -2.07. The minimum atomic E-state index is 0.810. The lowest BCUT2D eigenvalue weighted by molar-refractivity contribution is 0.824. The van der Waals surface area contributed by atoms with Crippen LogP contribution < -0.4 is 5.32 Å². The number of fused-ring (bicyclic) bond motifs is 1. The zero-order chi connectivity index (χ0) is 16.9. The Balaban J connectivity index is 1.50. The number of hydrogen-bond donors (Lipinski definition) is 1. The van der Waals surface area contributed by atoms with Gasteiger partial charge >= 0.3 is 0 Å². The van der Waals surface area contributed by atoms with Crippen molar-refractivity contribution < 1.29 is 0 Å². The Kier molecular flexibility index (Phi) is 4.42. The molecule has 0 saturated carbocycles. The molecule has 0 saturated heterocycles. The van der Waals surface area contributed by atoms with Crippen LogP contribution in [-0.2, 0) is 13.0 Å². The molecule has 0 spiro atoms. The van der Waals surface area contributed by atoms with Crippen LogP contribution in [-0.4, -0.2) is 21.1 Å². The van der Waals surface area contributed by atoms with Crippen LogP contribution >= 0.6 is 0 Å². The molecule has 0 atom stereocenters. The normalized spacial score (nSPS) is 10.9. The van der Waals surface area contributed by atoms with Crippen molar-refractivity contribution in [1.29, 1.82) is 0 Å². The average Bonchev–Trinajstić information content (AvgIpc) is 3.07. The van der Waals surface area contributed by atoms with Gasteiger partial charge in [0, 0.05) is 19.3 Å². The second-order valence-electron chi connectivity index (χ2n) is 6.05. The maximum atomic E-state index is 4.58. The molecule has 4 rings (SSSR count). The number of benzene rings is 2. The molecular formula is C21H20N4. The van der Waals surface area contributed by atoms with Gasteiger partial charge in [0.15, 0.2) is 5.82 Å². The quantitative estimate of drug-likeness (QED) is 0.578.